The van der Waals surface area contributed by atoms with Gasteiger partial charge < -0.3 is 9.47 Å². The number of ether oxygens (including phenoxy) is 2. The van der Waals surface area contributed by atoms with E-state index in [2.05, 4.69) is 19.1 Å². The molecule has 2 N–H and O–H groups in total. The second kappa shape index (κ2) is 8.08. The van der Waals surface area contributed by atoms with E-state index in [1.807, 2.05) is 11.0 Å². The molecular weight excluding hydrogens is 196 g/mol. The molecule has 0 unspecified atom stereocenters. The molecule has 0 fully saturated rings. The van der Waals surface area contributed by atoms with Crippen LogP contribution in [0, 0.1) is 0 Å². The van der Waals surface area contributed by atoms with Crippen LogP contribution in [-0.4, -0.2) is 39.6 Å². The lowest BCUT2D eigenvalue weighted by atomic mass is 10.8. The fraction of sp³-hybridized carbons (Fsp3) is 0.667. The number of carbonyl (C=O) groups excluding carboxylic acids is 2. The number of amides is 2. The van der Waals surface area contributed by atoms with Crippen LogP contribution in [-0.2, 0) is 19.1 Å². The molecule has 8 nitrogen and oxygen atoms in total. The van der Waals surface area contributed by atoms with Gasteiger partial charge in [0.2, 0.25) is 0 Å². The highest BCUT2D eigenvalue weighted by atomic mass is 16.7. The number of methoxy groups -OCH3 is 2. The van der Waals surface area contributed by atoms with E-state index in [0.717, 1.165) is 0 Å². The van der Waals surface area contributed by atoms with E-state index in [-0.39, 0.29) is 13.2 Å². The van der Waals surface area contributed by atoms with E-state index in [1.165, 1.54) is 14.2 Å². The SMILES string of the molecule is COC(=O)NOCCONC(=O)OC. The zero-order chi connectivity index (χ0) is 10.8. The lowest BCUT2D eigenvalue weighted by Crippen LogP contribution is -2.28. The minimum Gasteiger partial charge on any atom is -0.451 e. The van der Waals surface area contributed by atoms with Crippen molar-refractivity contribution in [1.82, 2.24) is 11.0 Å². The van der Waals surface area contributed by atoms with Crippen LogP contribution in [0.5, 0.6) is 0 Å². The Hall–Kier alpha value is -1.54. The lowest BCUT2D eigenvalue weighted by Gasteiger charge is -2.05. The van der Waals surface area contributed by atoms with Crippen LogP contribution >= 0.6 is 0 Å². The molecule has 0 saturated carbocycles. The van der Waals surface area contributed by atoms with Crippen molar-refractivity contribution in [2.45, 2.75) is 0 Å². The highest BCUT2D eigenvalue weighted by Gasteiger charge is 1.98. The van der Waals surface area contributed by atoms with Crippen molar-refractivity contribution in [3.05, 3.63) is 0 Å². The first kappa shape index (κ1) is 12.5. The Morgan fingerprint density at radius 2 is 1.29 bits per heavy atom. The van der Waals surface area contributed by atoms with Gasteiger partial charge >= 0.3 is 12.2 Å². The first-order chi connectivity index (χ1) is 6.70. The molecule has 0 aliphatic carbocycles. The highest BCUT2D eigenvalue weighted by molar-refractivity contribution is 5.65. The summed E-state index contributed by atoms with van der Waals surface area (Å²) in [7, 11) is 2.40. The Kier molecular flexibility index (Phi) is 7.19. The van der Waals surface area contributed by atoms with Crippen molar-refractivity contribution in [2.24, 2.45) is 0 Å². The molecule has 0 atom stereocenters. The first-order valence-electron chi connectivity index (χ1n) is 3.62. The fourth-order valence-electron chi connectivity index (χ4n) is 0.387. The van der Waals surface area contributed by atoms with E-state index in [1.54, 1.807) is 0 Å². The van der Waals surface area contributed by atoms with Crippen LogP contribution in [0.2, 0.25) is 0 Å². The summed E-state index contributed by atoms with van der Waals surface area (Å²) < 4.78 is 8.41. The van der Waals surface area contributed by atoms with Crippen molar-refractivity contribution in [3.8, 4) is 0 Å². The summed E-state index contributed by atoms with van der Waals surface area (Å²) in [4.78, 5) is 29.9. The summed E-state index contributed by atoms with van der Waals surface area (Å²) in [5, 5.41) is 0. The molecule has 0 aliphatic heterocycles. The summed E-state index contributed by atoms with van der Waals surface area (Å²) in [6.07, 6.45) is -1.43. The minimum atomic E-state index is -0.717. The third-order valence-electron chi connectivity index (χ3n) is 0.969. The number of hydrogen-bond acceptors (Lipinski definition) is 6. The third kappa shape index (κ3) is 7.13. The molecule has 0 aromatic heterocycles. The number of rotatable bonds is 5. The van der Waals surface area contributed by atoms with E-state index < -0.39 is 12.2 Å². The second-order valence-electron chi connectivity index (χ2n) is 1.88. The molecule has 0 spiro atoms. The summed E-state index contributed by atoms with van der Waals surface area (Å²) in [6.45, 7) is 0.109. The minimum absolute atomic E-state index is 0.0547. The Morgan fingerprint density at radius 1 is 0.929 bits per heavy atom. The van der Waals surface area contributed by atoms with Crippen LogP contribution in [0.25, 0.3) is 0 Å². The number of nitrogens with one attached hydrogen (secondary N) is 2. The summed E-state index contributed by atoms with van der Waals surface area (Å²) in [5.41, 5.74) is 3.90. The molecule has 0 aromatic rings. The van der Waals surface area contributed by atoms with E-state index in [0.29, 0.717) is 0 Å². The molecule has 0 rings (SSSR count). The standard InChI is InChI=1S/C6H12N2O6/c1-11-5(9)7-13-3-4-14-8-6(10)12-2/h3-4H2,1-2H3,(H,7,9)(H,8,10). The maximum Gasteiger partial charge on any atom is 0.431 e. The molecule has 0 aliphatic rings. The number of hydroxylamine groups is 2. The highest BCUT2D eigenvalue weighted by Crippen LogP contribution is 1.76. The van der Waals surface area contributed by atoms with Crippen LogP contribution in [0.15, 0.2) is 0 Å². The Morgan fingerprint density at radius 3 is 1.57 bits per heavy atom. The maximum atomic E-state index is 10.4. The monoisotopic (exact) mass is 208 g/mol. The molecule has 0 saturated heterocycles. The van der Waals surface area contributed by atoms with Gasteiger partial charge in [-0.3, -0.25) is 9.68 Å². The molecule has 0 bridgehead atoms. The third-order valence-corrected chi connectivity index (χ3v) is 0.969. The van der Waals surface area contributed by atoms with Gasteiger partial charge in [-0.2, -0.15) is 11.0 Å². The van der Waals surface area contributed by atoms with Crippen molar-refractivity contribution in [1.29, 1.82) is 0 Å². The Labute approximate surface area is 80.3 Å². The predicted molar refractivity (Wildman–Crippen MR) is 43.0 cm³/mol. The van der Waals surface area contributed by atoms with Crippen molar-refractivity contribution >= 4 is 12.2 Å². The quantitative estimate of drug-likeness (QED) is 0.470. The topological polar surface area (TPSA) is 95.1 Å². The van der Waals surface area contributed by atoms with Gasteiger partial charge in [0.25, 0.3) is 0 Å². The smallest absolute Gasteiger partial charge is 0.431 e. The van der Waals surface area contributed by atoms with Crippen LogP contribution in [0.3, 0.4) is 0 Å². The molecule has 0 aromatic carbocycles. The van der Waals surface area contributed by atoms with E-state index in [4.69, 9.17) is 0 Å². The van der Waals surface area contributed by atoms with E-state index in [9.17, 15) is 9.59 Å². The average Bonchev–Trinajstić information content (AvgIpc) is 2.22. The normalized spacial score (nSPS) is 9.00. The second-order valence-corrected chi connectivity index (χ2v) is 1.88. The Bertz CT molecular complexity index is 165. The first-order valence-corrected chi connectivity index (χ1v) is 3.62. The predicted octanol–water partition coefficient (Wildman–Crippen LogP) is -0.438. The van der Waals surface area contributed by atoms with Gasteiger partial charge in [0.15, 0.2) is 0 Å². The summed E-state index contributed by atoms with van der Waals surface area (Å²) in [5.74, 6) is 0. The van der Waals surface area contributed by atoms with Gasteiger partial charge in [0, 0.05) is 0 Å². The summed E-state index contributed by atoms with van der Waals surface area (Å²) in [6, 6.07) is 0. The molecule has 8 heteroatoms. The van der Waals surface area contributed by atoms with Crippen molar-refractivity contribution in [2.75, 3.05) is 27.4 Å². The fourth-order valence-corrected chi connectivity index (χ4v) is 0.387. The van der Waals surface area contributed by atoms with Gasteiger partial charge in [-0.1, -0.05) is 0 Å². The maximum absolute atomic E-state index is 10.4. The average molecular weight is 208 g/mol. The summed E-state index contributed by atoms with van der Waals surface area (Å²) >= 11 is 0. The number of carbonyl (C=O) groups is 2. The van der Waals surface area contributed by atoms with Crippen LogP contribution in [0.1, 0.15) is 0 Å². The van der Waals surface area contributed by atoms with Crippen LogP contribution < -0.4 is 11.0 Å². The van der Waals surface area contributed by atoms with Gasteiger partial charge in [0.1, 0.15) is 13.2 Å². The van der Waals surface area contributed by atoms with Crippen molar-refractivity contribution in [3.63, 3.8) is 0 Å². The van der Waals surface area contributed by atoms with E-state index >= 15 is 0 Å². The molecular formula is C6H12N2O6. The van der Waals surface area contributed by atoms with Gasteiger partial charge in [0.05, 0.1) is 14.2 Å². The molecule has 14 heavy (non-hydrogen) atoms. The number of hydrogen-bond donors (Lipinski definition) is 2. The molecule has 0 heterocycles. The van der Waals surface area contributed by atoms with Crippen molar-refractivity contribution < 1.29 is 28.7 Å². The lowest BCUT2D eigenvalue weighted by molar-refractivity contribution is -0.0291. The van der Waals surface area contributed by atoms with Gasteiger partial charge in [-0.15, -0.1) is 0 Å². The van der Waals surface area contributed by atoms with Crippen LogP contribution in [0.4, 0.5) is 9.59 Å². The zero-order valence-corrected chi connectivity index (χ0v) is 7.86. The molecule has 82 valence electrons. The van der Waals surface area contributed by atoms with Gasteiger partial charge in [-0.05, 0) is 0 Å². The molecule has 2 amide bonds. The molecule has 0 radical (unpaired) electrons. The zero-order valence-electron chi connectivity index (χ0n) is 7.86. The Balaban J connectivity index is 3.14. The largest absolute Gasteiger partial charge is 0.451 e. The van der Waals surface area contributed by atoms with Gasteiger partial charge in [-0.25, -0.2) is 9.59 Å².